The predicted octanol–water partition coefficient (Wildman–Crippen LogP) is 13.2. The third-order valence-corrected chi connectivity index (χ3v) is 14.6. The van der Waals surface area contributed by atoms with E-state index in [4.69, 9.17) is 9.47 Å². The number of amides is 1. The van der Waals surface area contributed by atoms with Gasteiger partial charge in [-0.3, -0.25) is 4.79 Å². The summed E-state index contributed by atoms with van der Waals surface area (Å²) >= 11 is 0. The topological polar surface area (TPSA) is 169 Å². The molecule has 7 N–H and O–H groups in total. The van der Waals surface area contributed by atoms with Crippen LogP contribution in [0.15, 0.2) is 0 Å². The van der Waals surface area contributed by atoms with Crippen LogP contribution in [0.5, 0.6) is 0 Å². The average Bonchev–Trinajstić information content (AvgIpc) is 3.33. The molecule has 1 heterocycles. The lowest BCUT2D eigenvalue weighted by Gasteiger charge is -2.40. The molecule has 0 aromatic rings. The summed E-state index contributed by atoms with van der Waals surface area (Å²) in [6, 6.07) is -0.986. The van der Waals surface area contributed by atoms with Crippen LogP contribution in [-0.4, -0.2) is 98.7 Å². The average molecular weight is 957 g/mol. The van der Waals surface area contributed by atoms with Crippen LogP contribution in [0.4, 0.5) is 0 Å². The molecule has 0 spiro atoms. The van der Waals surface area contributed by atoms with Gasteiger partial charge in [0.15, 0.2) is 6.29 Å². The summed E-state index contributed by atoms with van der Waals surface area (Å²) in [5.41, 5.74) is 0. The highest BCUT2D eigenvalue weighted by atomic mass is 16.7. The molecular formula is C57H113NO9. The van der Waals surface area contributed by atoms with Crippen molar-refractivity contribution in [1.82, 2.24) is 5.32 Å². The molecule has 1 aliphatic heterocycles. The van der Waals surface area contributed by atoms with Gasteiger partial charge in [-0.25, -0.2) is 0 Å². The molecule has 1 rings (SSSR count). The van der Waals surface area contributed by atoms with E-state index in [2.05, 4.69) is 19.2 Å². The Labute approximate surface area is 413 Å². The predicted molar refractivity (Wildman–Crippen MR) is 278 cm³/mol. The van der Waals surface area contributed by atoms with Gasteiger partial charge >= 0.3 is 0 Å². The Bertz CT molecular complexity index is 1040. The monoisotopic (exact) mass is 956 g/mol. The van der Waals surface area contributed by atoms with Gasteiger partial charge in [-0.15, -0.1) is 0 Å². The minimum absolute atomic E-state index is 0.249. The Morgan fingerprint density at radius 3 is 1.10 bits per heavy atom. The minimum atomic E-state index is -1.60. The standard InChI is InChI=1S/C57H113NO9/c1-3-5-7-9-11-13-15-17-19-21-23-24-25-26-28-30-32-34-36-38-40-42-44-46-52(61)58-49(48-66-57-56(65)55(64)54(63)51(47-59)67-57)53(62)50(60)45-43-41-39-37-35-33-31-29-27-22-20-18-16-14-12-10-8-6-4-2/h49-51,53-57,59-60,62-65H,3-48H2,1-2H3,(H,58,61)/t49-,50+,51+,53-,54-,55-,56+,57-/m0/s1. The van der Waals surface area contributed by atoms with E-state index in [0.29, 0.717) is 6.42 Å². The maximum Gasteiger partial charge on any atom is 0.220 e. The molecule has 1 aliphatic rings. The number of hydrogen-bond acceptors (Lipinski definition) is 9. The molecule has 0 aliphatic carbocycles. The van der Waals surface area contributed by atoms with Crippen LogP contribution >= 0.6 is 0 Å². The summed E-state index contributed by atoms with van der Waals surface area (Å²) in [4.78, 5) is 13.1. The van der Waals surface area contributed by atoms with Gasteiger partial charge in [0.05, 0.1) is 25.4 Å². The first kappa shape index (κ1) is 64.2. The summed E-state index contributed by atoms with van der Waals surface area (Å²) in [7, 11) is 0. The van der Waals surface area contributed by atoms with Crippen LogP contribution in [0.2, 0.25) is 0 Å². The Morgan fingerprint density at radius 2 is 0.776 bits per heavy atom. The van der Waals surface area contributed by atoms with Crippen LogP contribution in [0.3, 0.4) is 0 Å². The van der Waals surface area contributed by atoms with Crippen LogP contribution in [0, 0.1) is 0 Å². The molecule has 67 heavy (non-hydrogen) atoms. The van der Waals surface area contributed by atoms with Crippen LogP contribution in [0.25, 0.3) is 0 Å². The van der Waals surface area contributed by atoms with E-state index in [1.807, 2.05) is 0 Å². The molecule has 10 heteroatoms. The zero-order chi connectivity index (χ0) is 48.8. The molecule has 400 valence electrons. The Balaban J connectivity index is 2.24. The third kappa shape index (κ3) is 36.7. The summed E-state index contributed by atoms with van der Waals surface area (Å²) in [6.45, 7) is 3.67. The molecule has 0 bridgehead atoms. The van der Waals surface area contributed by atoms with Gasteiger partial charge in [0.1, 0.15) is 30.5 Å². The van der Waals surface area contributed by atoms with Crippen LogP contribution in [0.1, 0.15) is 296 Å². The fourth-order valence-electron chi connectivity index (χ4n) is 9.85. The van der Waals surface area contributed by atoms with Gasteiger partial charge in [0.2, 0.25) is 5.91 Å². The zero-order valence-electron chi connectivity index (χ0n) is 44.1. The molecular weight excluding hydrogens is 843 g/mol. The maximum absolute atomic E-state index is 13.1. The van der Waals surface area contributed by atoms with Crippen molar-refractivity contribution in [3.05, 3.63) is 0 Å². The number of hydrogen-bond donors (Lipinski definition) is 7. The van der Waals surface area contributed by atoms with E-state index in [-0.39, 0.29) is 18.9 Å². The normalized spacial score (nSPS) is 20.0. The quantitative estimate of drug-likeness (QED) is 0.0293. The van der Waals surface area contributed by atoms with E-state index < -0.39 is 55.6 Å². The van der Waals surface area contributed by atoms with Gasteiger partial charge in [-0.05, 0) is 12.8 Å². The molecule has 10 nitrogen and oxygen atoms in total. The van der Waals surface area contributed by atoms with E-state index >= 15 is 0 Å². The molecule has 0 unspecified atom stereocenters. The Hall–Kier alpha value is -0.850. The largest absolute Gasteiger partial charge is 0.394 e. The zero-order valence-corrected chi connectivity index (χ0v) is 44.1. The van der Waals surface area contributed by atoms with Crippen molar-refractivity contribution in [2.45, 2.75) is 345 Å². The first-order valence-electron chi connectivity index (χ1n) is 29.3. The van der Waals surface area contributed by atoms with Gasteiger partial charge in [0.25, 0.3) is 0 Å². The van der Waals surface area contributed by atoms with Crippen molar-refractivity contribution in [2.75, 3.05) is 13.2 Å². The number of aliphatic hydroxyl groups is 6. The van der Waals surface area contributed by atoms with E-state index in [1.165, 1.54) is 231 Å². The van der Waals surface area contributed by atoms with Crippen molar-refractivity contribution >= 4 is 5.91 Å². The number of carbonyl (C=O) groups is 1. The fraction of sp³-hybridized carbons (Fsp3) is 0.982. The molecule has 1 amide bonds. The highest BCUT2D eigenvalue weighted by Crippen LogP contribution is 2.24. The van der Waals surface area contributed by atoms with E-state index in [9.17, 15) is 35.4 Å². The molecule has 1 fully saturated rings. The lowest BCUT2D eigenvalue weighted by molar-refractivity contribution is -0.303. The molecule has 8 atom stereocenters. The van der Waals surface area contributed by atoms with Crippen molar-refractivity contribution < 1.29 is 44.9 Å². The smallest absolute Gasteiger partial charge is 0.220 e. The number of nitrogens with one attached hydrogen (secondary N) is 1. The molecule has 0 radical (unpaired) electrons. The summed E-state index contributed by atoms with van der Waals surface area (Å²) in [5, 5.41) is 65.6. The third-order valence-electron chi connectivity index (χ3n) is 14.6. The van der Waals surface area contributed by atoms with Crippen molar-refractivity contribution in [3.8, 4) is 0 Å². The summed E-state index contributed by atoms with van der Waals surface area (Å²) in [6.07, 6.45) is 45.5. The molecule has 0 saturated carbocycles. The van der Waals surface area contributed by atoms with Gasteiger partial charge in [-0.1, -0.05) is 277 Å². The maximum atomic E-state index is 13.1. The Morgan fingerprint density at radius 1 is 0.463 bits per heavy atom. The number of ether oxygens (including phenoxy) is 2. The molecule has 0 aromatic heterocycles. The first-order valence-corrected chi connectivity index (χ1v) is 29.3. The molecule has 1 saturated heterocycles. The van der Waals surface area contributed by atoms with Gasteiger partial charge in [-0.2, -0.15) is 0 Å². The van der Waals surface area contributed by atoms with E-state index in [0.717, 1.165) is 38.5 Å². The second kappa shape index (κ2) is 47.5. The van der Waals surface area contributed by atoms with Crippen LogP contribution in [-0.2, 0) is 14.3 Å². The Kier molecular flexibility index (Phi) is 45.5. The van der Waals surface area contributed by atoms with Crippen LogP contribution < -0.4 is 5.32 Å². The second-order valence-corrected chi connectivity index (χ2v) is 20.9. The molecule has 0 aromatic carbocycles. The fourth-order valence-corrected chi connectivity index (χ4v) is 9.85. The van der Waals surface area contributed by atoms with Gasteiger partial charge in [0, 0.05) is 6.42 Å². The first-order chi connectivity index (χ1) is 32.8. The van der Waals surface area contributed by atoms with Gasteiger partial charge < -0.3 is 45.4 Å². The number of rotatable bonds is 51. The number of carbonyl (C=O) groups excluding carboxylic acids is 1. The highest BCUT2D eigenvalue weighted by Gasteiger charge is 2.44. The lowest BCUT2D eigenvalue weighted by Crippen LogP contribution is -2.60. The minimum Gasteiger partial charge on any atom is -0.394 e. The van der Waals surface area contributed by atoms with Crippen molar-refractivity contribution in [2.24, 2.45) is 0 Å². The second-order valence-electron chi connectivity index (χ2n) is 20.9. The highest BCUT2D eigenvalue weighted by molar-refractivity contribution is 5.76. The van der Waals surface area contributed by atoms with E-state index in [1.54, 1.807) is 0 Å². The lowest BCUT2D eigenvalue weighted by atomic mass is 9.98. The SMILES string of the molecule is CCCCCCCCCCCCCCCCCCCCCCCCCC(=O)N[C@@H](CO[C@H]1O[C@H](CO)[C@H](O)[C@H](O)[C@H]1O)[C@H](O)[C@H](O)CCCCCCCCCCCCCCCCCCCCC. The number of unbranched alkanes of at least 4 members (excludes halogenated alkanes) is 40. The van der Waals surface area contributed by atoms with Crippen molar-refractivity contribution in [3.63, 3.8) is 0 Å². The van der Waals surface area contributed by atoms with Crippen molar-refractivity contribution in [1.29, 1.82) is 0 Å². The number of aliphatic hydroxyl groups excluding tert-OH is 6. The summed E-state index contributed by atoms with van der Waals surface area (Å²) in [5.74, 6) is -0.249. The summed E-state index contributed by atoms with van der Waals surface area (Å²) < 4.78 is 11.2.